The predicted molar refractivity (Wildman–Crippen MR) is 97.2 cm³/mol. The highest BCUT2D eigenvalue weighted by molar-refractivity contribution is 5.50. The van der Waals surface area contributed by atoms with E-state index in [1.807, 2.05) is 6.20 Å². The van der Waals surface area contributed by atoms with Gasteiger partial charge in [0, 0.05) is 12.4 Å². The van der Waals surface area contributed by atoms with Gasteiger partial charge in [-0.3, -0.25) is 5.32 Å². The topological polar surface area (TPSA) is 17.3 Å². The average Bonchev–Trinajstić information content (AvgIpc) is 3.20. The van der Waals surface area contributed by atoms with Gasteiger partial charge in [0.2, 0.25) is 0 Å². The standard InChI is InChI=1S/C22H19N2/c1-4-10-19(11-5-1)22(24-17-16-23-18-24,20-12-6-2-7-13-20)21-14-8-3-9-15-21/h1-17H,18H2. The monoisotopic (exact) mass is 311 g/mol. The van der Waals surface area contributed by atoms with Crippen LogP contribution in [0.1, 0.15) is 16.7 Å². The summed E-state index contributed by atoms with van der Waals surface area (Å²) in [6, 6.07) is 32.0. The van der Waals surface area contributed by atoms with Gasteiger partial charge in [0.1, 0.15) is 12.2 Å². The second-order valence-corrected chi connectivity index (χ2v) is 5.90. The third-order valence-corrected chi connectivity index (χ3v) is 4.59. The fraction of sp³-hybridized carbons (Fsp3) is 0.0909. The molecule has 0 atom stereocenters. The molecule has 0 unspecified atom stereocenters. The van der Waals surface area contributed by atoms with Crippen LogP contribution in [0.5, 0.6) is 0 Å². The van der Waals surface area contributed by atoms with Crippen LogP contribution in [0, 0.1) is 0 Å². The van der Waals surface area contributed by atoms with Gasteiger partial charge in [-0.15, -0.1) is 0 Å². The van der Waals surface area contributed by atoms with Crippen molar-refractivity contribution in [2.24, 2.45) is 0 Å². The molecule has 0 fully saturated rings. The van der Waals surface area contributed by atoms with Gasteiger partial charge < -0.3 is 4.90 Å². The molecular weight excluding hydrogens is 292 g/mol. The third kappa shape index (κ3) is 2.28. The molecule has 0 amide bonds. The number of rotatable bonds is 4. The molecule has 24 heavy (non-hydrogen) atoms. The largest absolute Gasteiger partial charge is 0.339 e. The molecule has 0 aromatic heterocycles. The lowest BCUT2D eigenvalue weighted by Crippen LogP contribution is -2.45. The van der Waals surface area contributed by atoms with E-state index < -0.39 is 0 Å². The molecule has 1 radical (unpaired) electrons. The van der Waals surface area contributed by atoms with Crippen LogP contribution >= 0.6 is 0 Å². The molecule has 0 spiro atoms. The number of hydrogen-bond acceptors (Lipinski definition) is 1. The summed E-state index contributed by atoms with van der Waals surface area (Å²) in [7, 11) is 0. The lowest BCUT2D eigenvalue weighted by molar-refractivity contribution is 0.241. The molecule has 0 N–H and O–H groups in total. The van der Waals surface area contributed by atoms with Crippen LogP contribution in [0.3, 0.4) is 0 Å². The van der Waals surface area contributed by atoms with Gasteiger partial charge in [0.05, 0.1) is 0 Å². The van der Waals surface area contributed by atoms with E-state index in [4.69, 9.17) is 0 Å². The third-order valence-electron chi connectivity index (χ3n) is 4.59. The van der Waals surface area contributed by atoms with E-state index in [1.165, 1.54) is 16.7 Å². The summed E-state index contributed by atoms with van der Waals surface area (Å²) in [5.74, 6) is 0. The maximum atomic E-state index is 4.45. The van der Waals surface area contributed by atoms with Crippen molar-refractivity contribution >= 4 is 0 Å². The lowest BCUT2D eigenvalue weighted by atomic mass is 9.76. The molecule has 117 valence electrons. The van der Waals surface area contributed by atoms with Crippen LogP contribution in [0.4, 0.5) is 0 Å². The van der Waals surface area contributed by atoms with Crippen LogP contribution in [0.15, 0.2) is 103 Å². The number of nitrogens with zero attached hydrogens (tertiary/aromatic N) is 2. The Morgan fingerprint density at radius 2 is 1.04 bits per heavy atom. The summed E-state index contributed by atoms with van der Waals surface area (Å²) >= 11 is 0. The summed E-state index contributed by atoms with van der Waals surface area (Å²) in [6.45, 7) is 0.651. The highest BCUT2D eigenvalue weighted by Gasteiger charge is 2.41. The quantitative estimate of drug-likeness (QED) is 0.656. The Bertz CT molecular complexity index is 714. The summed E-state index contributed by atoms with van der Waals surface area (Å²) in [5, 5.41) is 4.45. The minimum Gasteiger partial charge on any atom is -0.339 e. The molecule has 2 heteroatoms. The van der Waals surface area contributed by atoms with E-state index >= 15 is 0 Å². The van der Waals surface area contributed by atoms with Crippen molar-refractivity contribution in [3.63, 3.8) is 0 Å². The zero-order chi connectivity index (χ0) is 16.2. The SMILES string of the molecule is C1=CN(C(c2ccccc2)(c2ccccc2)c2ccccc2)C[N]1. The van der Waals surface area contributed by atoms with E-state index in [-0.39, 0.29) is 5.54 Å². The first-order valence-electron chi connectivity index (χ1n) is 8.19. The molecule has 1 aliphatic rings. The maximum absolute atomic E-state index is 4.45. The van der Waals surface area contributed by atoms with Gasteiger partial charge in [-0.05, 0) is 16.7 Å². The first-order chi connectivity index (χ1) is 11.9. The average molecular weight is 311 g/mol. The van der Waals surface area contributed by atoms with Crippen molar-refractivity contribution in [1.82, 2.24) is 10.2 Å². The van der Waals surface area contributed by atoms with Crippen molar-refractivity contribution in [3.05, 3.63) is 120 Å². The van der Waals surface area contributed by atoms with Gasteiger partial charge in [-0.1, -0.05) is 91.0 Å². The Morgan fingerprint density at radius 1 is 0.625 bits per heavy atom. The maximum Gasteiger partial charge on any atom is 0.117 e. The zero-order valence-electron chi connectivity index (χ0n) is 13.4. The highest BCUT2D eigenvalue weighted by atomic mass is 15.3. The fourth-order valence-electron chi connectivity index (χ4n) is 3.56. The molecule has 0 bridgehead atoms. The normalized spacial score (nSPS) is 13.8. The molecule has 3 aromatic carbocycles. The summed E-state index contributed by atoms with van der Waals surface area (Å²) < 4.78 is 0. The van der Waals surface area contributed by atoms with Gasteiger partial charge in [0.15, 0.2) is 0 Å². The Hall–Kier alpha value is -3.00. The number of benzene rings is 3. The van der Waals surface area contributed by atoms with Crippen molar-refractivity contribution in [2.75, 3.05) is 6.67 Å². The lowest BCUT2D eigenvalue weighted by Gasteiger charge is -2.43. The molecule has 0 aliphatic carbocycles. The molecule has 3 aromatic rings. The van der Waals surface area contributed by atoms with Crippen LogP contribution in [0.2, 0.25) is 0 Å². The summed E-state index contributed by atoms with van der Waals surface area (Å²) in [4.78, 5) is 2.31. The highest BCUT2D eigenvalue weighted by Crippen LogP contribution is 2.42. The second kappa shape index (κ2) is 6.25. The van der Waals surface area contributed by atoms with E-state index in [0.29, 0.717) is 6.67 Å². The smallest absolute Gasteiger partial charge is 0.117 e. The van der Waals surface area contributed by atoms with Gasteiger partial charge >= 0.3 is 0 Å². The van der Waals surface area contributed by atoms with Crippen molar-refractivity contribution < 1.29 is 0 Å². The molecule has 1 aliphatic heterocycles. The molecule has 2 nitrogen and oxygen atoms in total. The first kappa shape index (κ1) is 14.6. The molecule has 1 heterocycles. The van der Waals surface area contributed by atoms with Gasteiger partial charge in [0.25, 0.3) is 0 Å². The summed E-state index contributed by atoms with van der Waals surface area (Å²) in [6.07, 6.45) is 3.98. The van der Waals surface area contributed by atoms with Crippen molar-refractivity contribution in [2.45, 2.75) is 5.54 Å². The molecule has 4 rings (SSSR count). The van der Waals surface area contributed by atoms with Crippen molar-refractivity contribution in [3.8, 4) is 0 Å². The Morgan fingerprint density at radius 3 is 1.38 bits per heavy atom. The Labute approximate surface area is 143 Å². The van der Waals surface area contributed by atoms with Crippen LogP contribution in [-0.4, -0.2) is 11.6 Å². The van der Waals surface area contributed by atoms with E-state index in [2.05, 4.69) is 107 Å². The first-order valence-corrected chi connectivity index (χ1v) is 8.19. The Balaban J connectivity index is 2.05. The molecule has 0 saturated carbocycles. The van der Waals surface area contributed by atoms with Gasteiger partial charge in [-0.25, -0.2) is 0 Å². The van der Waals surface area contributed by atoms with Crippen molar-refractivity contribution in [1.29, 1.82) is 0 Å². The van der Waals surface area contributed by atoms with E-state index in [1.54, 1.807) is 0 Å². The fourth-order valence-corrected chi connectivity index (χ4v) is 3.56. The van der Waals surface area contributed by atoms with Gasteiger partial charge in [-0.2, -0.15) is 0 Å². The number of hydrogen-bond donors (Lipinski definition) is 0. The van der Waals surface area contributed by atoms with Crippen LogP contribution in [0.25, 0.3) is 0 Å². The zero-order valence-corrected chi connectivity index (χ0v) is 13.4. The van der Waals surface area contributed by atoms with Crippen LogP contribution < -0.4 is 5.32 Å². The van der Waals surface area contributed by atoms with E-state index in [9.17, 15) is 0 Å². The minimum atomic E-state index is -0.389. The molecule has 0 saturated heterocycles. The van der Waals surface area contributed by atoms with Crippen LogP contribution in [-0.2, 0) is 5.54 Å². The Kier molecular flexibility index (Phi) is 3.80. The second-order valence-electron chi connectivity index (χ2n) is 5.90. The minimum absolute atomic E-state index is 0.389. The van der Waals surface area contributed by atoms with E-state index in [0.717, 1.165) is 0 Å². The summed E-state index contributed by atoms with van der Waals surface area (Å²) in [5.41, 5.74) is 3.33. The predicted octanol–water partition coefficient (Wildman–Crippen LogP) is 4.33. The molecular formula is C22H19N2.